The number of H-pyrrole nitrogens is 1. The Balaban J connectivity index is 2.15. The number of aromatic nitrogens is 1. The van der Waals surface area contributed by atoms with Gasteiger partial charge in [-0.15, -0.1) is 0 Å². The van der Waals surface area contributed by atoms with E-state index in [1.807, 2.05) is 6.92 Å². The average molecular weight is 479 g/mol. The first kappa shape index (κ1) is 24.0. The van der Waals surface area contributed by atoms with Crippen molar-refractivity contribution in [2.45, 2.75) is 37.7 Å². The first-order chi connectivity index (χ1) is 15.0. The van der Waals surface area contributed by atoms with Gasteiger partial charge < -0.3 is 10.1 Å². The zero-order chi connectivity index (χ0) is 23.6. The first-order valence-electron chi connectivity index (χ1n) is 9.99. The summed E-state index contributed by atoms with van der Waals surface area (Å²) in [6.45, 7) is 3.55. The number of halogens is 2. The molecule has 0 aliphatic carbocycles. The molecule has 1 heterocycles. The number of aliphatic hydroxyl groups is 1. The van der Waals surface area contributed by atoms with Crippen molar-refractivity contribution in [3.8, 4) is 0 Å². The van der Waals surface area contributed by atoms with E-state index in [9.17, 15) is 22.7 Å². The highest BCUT2D eigenvalue weighted by Gasteiger charge is 2.26. The van der Waals surface area contributed by atoms with E-state index in [-0.39, 0.29) is 15.6 Å². The molecule has 0 unspecified atom stereocenters. The third kappa shape index (κ3) is 5.20. The predicted octanol–water partition coefficient (Wildman–Crippen LogP) is 4.67. The lowest BCUT2D eigenvalue weighted by Gasteiger charge is -2.24. The average Bonchev–Trinajstić information content (AvgIpc) is 3.11. The van der Waals surface area contributed by atoms with Gasteiger partial charge in [-0.1, -0.05) is 18.5 Å². The van der Waals surface area contributed by atoms with Crippen molar-refractivity contribution >= 4 is 38.7 Å². The van der Waals surface area contributed by atoms with Crippen molar-refractivity contribution in [2.24, 2.45) is 0 Å². The maximum Gasteiger partial charge on any atom is 0.264 e. The molecule has 0 saturated heterocycles. The van der Waals surface area contributed by atoms with Gasteiger partial charge in [-0.3, -0.25) is 9.69 Å². The number of hydrogen-bond acceptors (Lipinski definition) is 4. The van der Waals surface area contributed by atoms with E-state index in [2.05, 4.69) is 4.98 Å². The minimum Gasteiger partial charge on any atom is -0.393 e. The molecule has 9 heteroatoms. The Labute approximate surface area is 191 Å². The molecule has 0 fully saturated rings. The summed E-state index contributed by atoms with van der Waals surface area (Å²) in [6, 6.07) is 11.2. The highest BCUT2D eigenvalue weighted by atomic mass is 35.5. The quantitative estimate of drug-likeness (QED) is 0.516. The Kier molecular flexibility index (Phi) is 7.07. The number of aromatic amines is 1. The Hall–Kier alpha value is -2.68. The molecule has 0 saturated carbocycles. The van der Waals surface area contributed by atoms with Crippen molar-refractivity contribution < 1.29 is 22.7 Å². The number of carbonyl (C=O) groups is 1. The van der Waals surface area contributed by atoms with Crippen LogP contribution in [0, 0.1) is 5.82 Å². The molecule has 3 aromatic rings. The van der Waals surface area contributed by atoms with E-state index in [0.29, 0.717) is 35.5 Å². The summed E-state index contributed by atoms with van der Waals surface area (Å²) in [6.07, 6.45) is 1.39. The third-order valence-corrected chi connectivity index (χ3v) is 6.36. The highest BCUT2D eigenvalue weighted by Crippen LogP contribution is 2.35. The summed E-state index contributed by atoms with van der Waals surface area (Å²) < 4.78 is 37.4. The number of aryl methyl sites for hydroxylation is 1. The molecule has 0 radical (unpaired) electrons. The molecule has 1 amide bonds. The smallest absolute Gasteiger partial charge is 0.264 e. The van der Waals surface area contributed by atoms with Gasteiger partial charge in [-0.05, 0) is 61.9 Å². The molecule has 0 bridgehead atoms. The number of nitrogens with one attached hydrogen (secondary N) is 1. The molecular weight excluding hydrogens is 455 g/mol. The molecular formula is C23H24ClFN2O4S. The molecule has 2 N–H and O–H groups in total. The molecule has 170 valence electrons. The van der Waals surface area contributed by atoms with Crippen LogP contribution in [0.1, 0.15) is 35.6 Å². The lowest BCUT2D eigenvalue weighted by molar-refractivity contribution is 0.0998. The Morgan fingerprint density at radius 1 is 1.19 bits per heavy atom. The number of aliphatic hydroxyl groups excluding tert-OH is 1. The van der Waals surface area contributed by atoms with E-state index < -0.39 is 27.7 Å². The molecule has 1 aromatic heterocycles. The van der Waals surface area contributed by atoms with Crippen molar-refractivity contribution in [3.05, 3.63) is 76.3 Å². The van der Waals surface area contributed by atoms with Gasteiger partial charge in [0.2, 0.25) is 0 Å². The maximum absolute atomic E-state index is 13.7. The summed E-state index contributed by atoms with van der Waals surface area (Å²) >= 11 is 6.29. The monoisotopic (exact) mass is 478 g/mol. The largest absolute Gasteiger partial charge is 0.393 e. The molecule has 0 spiro atoms. The van der Waals surface area contributed by atoms with Crippen LogP contribution in [0.15, 0.2) is 53.4 Å². The second kappa shape index (κ2) is 9.44. The number of nitrogens with zero attached hydrogens (tertiary/aromatic N) is 1. The van der Waals surface area contributed by atoms with Crippen molar-refractivity contribution in [1.29, 1.82) is 0 Å². The molecule has 1 atom stereocenters. The molecule has 3 rings (SSSR count). The van der Waals surface area contributed by atoms with E-state index in [1.54, 1.807) is 13.0 Å². The fourth-order valence-corrected chi connectivity index (χ4v) is 4.33. The van der Waals surface area contributed by atoms with Crippen LogP contribution in [0.4, 0.5) is 15.8 Å². The highest BCUT2D eigenvalue weighted by molar-refractivity contribution is 7.90. The van der Waals surface area contributed by atoms with Gasteiger partial charge in [-0.2, -0.15) is 0 Å². The Morgan fingerprint density at radius 3 is 2.38 bits per heavy atom. The van der Waals surface area contributed by atoms with Gasteiger partial charge in [0.15, 0.2) is 9.84 Å². The second-order valence-corrected chi connectivity index (χ2v) is 10.0. The molecule has 32 heavy (non-hydrogen) atoms. The predicted molar refractivity (Wildman–Crippen MR) is 123 cm³/mol. The summed E-state index contributed by atoms with van der Waals surface area (Å²) in [7, 11) is -3.42. The third-order valence-electron chi connectivity index (χ3n) is 4.93. The molecule has 6 nitrogen and oxygen atoms in total. The van der Waals surface area contributed by atoms with Crippen molar-refractivity contribution in [3.63, 3.8) is 0 Å². The number of rotatable bonds is 7. The standard InChI is InChI=1S/C23H24ClFN2O4S/c1-4-21-19(13-16(26-21)11-14(2)28)23(29)27(22-10-5-15(25)12-20(22)24)17-6-8-18(9-7-17)32(3,30)31/h5-10,12-14,26,28H,4,11H2,1-3H3/t14-/m0/s1. The number of carbonyl (C=O) groups excluding carboxylic acids is 1. The minimum atomic E-state index is -3.42. The summed E-state index contributed by atoms with van der Waals surface area (Å²) in [5.74, 6) is -0.968. The van der Waals surface area contributed by atoms with E-state index in [4.69, 9.17) is 11.6 Å². The van der Waals surface area contributed by atoms with Crippen LogP contribution in [0.25, 0.3) is 0 Å². The fourth-order valence-electron chi connectivity index (χ4n) is 3.45. The summed E-state index contributed by atoms with van der Waals surface area (Å²) in [5.41, 5.74) is 2.40. The van der Waals surface area contributed by atoms with Crippen LogP contribution >= 0.6 is 11.6 Å². The van der Waals surface area contributed by atoms with E-state index in [1.165, 1.54) is 41.3 Å². The van der Waals surface area contributed by atoms with Crippen LogP contribution in [-0.4, -0.2) is 36.8 Å². The number of benzene rings is 2. The maximum atomic E-state index is 13.7. The first-order valence-corrected chi connectivity index (χ1v) is 12.3. The summed E-state index contributed by atoms with van der Waals surface area (Å²) in [4.78, 5) is 18.3. The van der Waals surface area contributed by atoms with E-state index >= 15 is 0 Å². The van der Waals surface area contributed by atoms with Gasteiger partial charge in [0, 0.05) is 29.8 Å². The van der Waals surface area contributed by atoms with Crippen LogP contribution in [0.3, 0.4) is 0 Å². The Morgan fingerprint density at radius 2 is 1.84 bits per heavy atom. The van der Waals surface area contributed by atoms with Crippen LogP contribution in [0.5, 0.6) is 0 Å². The number of sulfone groups is 1. The zero-order valence-corrected chi connectivity index (χ0v) is 19.5. The second-order valence-electron chi connectivity index (χ2n) is 7.60. The SMILES string of the molecule is CCc1[nH]c(C[C@H](C)O)cc1C(=O)N(c1ccc(S(C)(=O)=O)cc1)c1ccc(F)cc1Cl. The van der Waals surface area contributed by atoms with Gasteiger partial charge >= 0.3 is 0 Å². The number of amides is 1. The van der Waals surface area contributed by atoms with Gasteiger partial charge in [0.05, 0.1) is 27.3 Å². The Bertz CT molecular complexity index is 1240. The summed E-state index contributed by atoms with van der Waals surface area (Å²) in [5, 5.41) is 9.75. The zero-order valence-electron chi connectivity index (χ0n) is 17.9. The normalized spacial score (nSPS) is 12.6. The van der Waals surface area contributed by atoms with Crippen molar-refractivity contribution in [1.82, 2.24) is 4.98 Å². The van der Waals surface area contributed by atoms with Gasteiger partial charge in [-0.25, -0.2) is 12.8 Å². The van der Waals surface area contributed by atoms with Crippen LogP contribution in [-0.2, 0) is 22.7 Å². The van der Waals surface area contributed by atoms with E-state index in [0.717, 1.165) is 12.3 Å². The fraction of sp³-hybridized carbons (Fsp3) is 0.261. The van der Waals surface area contributed by atoms with Crippen molar-refractivity contribution in [2.75, 3.05) is 11.2 Å². The number of anilines is 2. The molecule has 0 aliphatic rings. The lowest BCUT2D eigenvalue weighted by Crippen LogP contribution is -2.27. The van der Waals surface area contributed by atoms with Gasteiger partial charge in [0.1, 0.15) is 5.82 Å². The number of hydrogen-bond donors (Lipinski definition) is 2. The molecule has 2 aromatic carbocycles. The lowest BCUT2D eigenvalue weighted by atomic mass is 10.1. The van der Waals surface area contributed by atoms with Gasteiger partial charge in [0.25, 0.3) is 5.91 Å². The topological polar surface area (TPSA) is 90.5 Å². The molecule has 0 aliphatic heterocycles. The van der Waals surface area contributed by atoms with Crippen LogP contribution in [0.2, 0.25) is 5.02 Å². The van der Waals surface area contributed by atoms with Crippen LogP contribution < -0.4 is 4.90 Å². The minimum absolute atomic E-state index is 0.0309.